The monoisotopic (exact) mass is 575 g/mol. The fraction of sp³-hybridized carbons (Fsp3) is 0.214. The van der Waals surface area contributed by atoms with Gasteiger partial charge in [0.25, 0.3) is 0 Å². The summed E-state index contributed by atoms with van der Waals surface area (Å²) in [6, 6.07) is 20.2. The number of amides is 2. The van der Waals surface area contributed by atoms with E-state index in [4.69, 9.17) is 14.6 Å². The molecule has 196 valence electrons. The van der Waals surface area contributed by atoms with Gasteiger partial charge in [0.05, 0.1) is 0 Å². The predicted molar refractivity (Wildman–Crippen MR) is 149 cm³/mol. The Morgan fingerprint density at radius 3 is 2.32 bits per heavy atom. The van der Waals surface area contributed by atoms with Crippen molar-refractivity contribution < 1.29 is 19.1 Å². The van der Waals surface area contributed by atoms with Crippen LogP contribution in [0.5, 0.6) is 11.5 Å². The molecule has 2 aromatic heterocycles. The van der Waals surface area contributed by atoms with E-state index in [9.17, 15) is 9.59 Å². The number of pyridine rings is 1. The molecule has 0 spiro atoms. The number of benzene rings is 2. The SMILES string of the molecule is COCC(=O)Nc1cccc(-n2nc(C(C)(C)C)cc2[AsH]C(=O)Nc2ccc(Oc3ccncc3)cc2)c1. The van der Waals surface area contributed by atoms with Crippen LogP contribution >= 0.6 is 0 Å². The Labute approximate surface area is 228 Å². The molecule has 0 aliphatic heterocycles. The van der Waals surface area contributed by atoms with Gasteiger partial charge in [-0.3, -0.25) is 0 Å². The molecular formula is C28H30AsN5O4. The summed E-state index contributed by atoms with van der Waals surface area (Å²) < 4.78 is 13.3. The van der Waals surface area contributed by atoms with E-state index in [0.717, 1.165) is 15.9 Å². The third-order valence-electron chi connectivity index (χ3n) is 5.37. The van der Waals surface area contributed by atoms with Crippen molar-refractivity contribution in [2.24, 2.45) is 0 Å². The predicted octanol–water partition coefficient (Wildman–Crippen LogP) is 4.24. The first kappa shape index (κ1) is 27.1. The van der Waals surface area contributed by atoms with Crippen LogP contribution < -0.4 is 19.9 Å². The summed E-state index contributed by atoms with van der Waals surface area (Å²) in [7, 11) is 1.47. The molecule has 38 heavy (non-hydrogen) atoms. The van der Waals surface area contributed by atoms with E-state index in [1.54, 1.807) is 47.4 Å². The topological polar surface area (TPSA) is 107 Å². The van der Waals surface area contributed by atoms with Crippen molar-refractivity contribution >= 4 is 42.2 Å². The van der Waals surface area contributed by atoms with E-state index in [1.165, 1.54) is 7.11 Å². The molecule has 9 nitrogen and oxygen atoms in total. The Hall–Kier alpha value is -3.94. The maximum absolute atomic E-state index is 13.1. The number of aromatic nitrogens is 3. The van der Waals surface area contributed by atoms with Crippen LogP contribution in [-0.4, -0.2) is 54.8 Å². The van der Waals surface area contributed by atoms with Gasteiger partial charge in [0.15, 0.2) is 0 Å². The van der Waals surface area contributed by atoms with Crippen LogP contribution in [0.4, 0.5) is 16.2 Å². The molecule has 10 heteroatoms. The Bertz CT molecular complexity index is 1400. The molecule has 0 aliphatic carbocycles. The second-order valence-electron chi connectivity index (χ2n) is 9.50. The van der Waals surface area contributed by atoms with Crippen LogP contribution in [0.2, 0.25) is 0 Å². The Morgan fingerprint density at radius 1 is 0.921 bits per heavy atom. The fourth-order valence-corrected chi connectivity index (χ4v) is 5.46. The zero-order valence-electron chi connectivity index (χ0n) is 21.7. The summed E-state index contributed by atoms with van der Waals surface area (Å²) in [6.45, 7) is 6.22. The number of carbonyl (C=O) groups excluding carboxylic acids is 2. The minimum atomic E-state index is -1.28. The molecule has 2 N–H and O–H groups in total. The van der Waals surface area contributed by atoms with Gasteiger partial charge < -0.3 is 0 Å². The summed E-state index contributed by atoms with van der Waals surface area (Å²) in [5.41, 5.74) is 2.76. The van der Waals surface area contributed by atoms with Crippen LogP contribution in [0.3, 0.4) is 0 Å². The van der Waals surface area contributed by atoms with Gasteiger partial charge in [-0.25, -0.2) is 0 Å². The van der Waals surface area contributed by atoms with E-state index in [1.807, 2.05) is 36.4 Å². The summed E-state index contributed by atoms with van der Waals surface area (Å²) in [5.74, 6) is 1.11. The van der Waals surface area contributed by atoms with Crippen molar-refractivity contribution in [1.82, 2.24) is 14.8 Å². The number of ether oxygens (including phenoxy) is 2. The van der Waals surface area contributed by atoms with Gasteiger partial charge in [0, 0.05) is 0 Å². The van der Waals surface area contributed by atoms with Gasteiger partial charge in [-0.05, 0) is 0 Å². The molecule has 0 saturated heterocycles. The maximum atomic E-state index is 13.1. The zero-order chi connectivity index (χ0) is 27.1. The van der Waals surface area contributed by atoms with Crippen LogP contribution in [0.15, 0.2) is 79.1 Å². The van der Waals surface area contributed by atoms with Crippen LogP contribution in [0.1, 0.15) is 26.5 Å². The van der Waals surface area contributed by atoms with Gasteiger partial charge in [-0.15, -0.1) is 0 Å². The molecule has 4 aromatic rings. The van der Waals surface area contributed by atoms with Gasteiger partial charge >= 0.3 is 229 Å². The molecule has 2 aromatic carbocycles. The van der Waals surface area contributed by atoms with E-state index >= 15 is 0 Å². The molecule has 0 aliphatic rings. The van der Waals surface area contributed by atoms with Crippen LogP contribution in [0, 0.1) is 0 Å². The zero-order valence-corrected chi connectivity index (χ0v) is 23.8. The van der Waals surface area contributed by atoms with E-state index < -0.39 is 15.8 Å². The first-order chi connectivity index (χ1) is 18.2. The molecular weight excluding hydrogens is 545 g/mol. The van der Waals surface area contributed by atoms with Crippen molar-refractivity contribution in [3.8, 4) is 17.2 Å². The van der Waals surface area contributed by atoms with E-state index in [-0.39, 0.29) is 22.6 Å². The third-order valence-corrected chi connectivity index (χ3v) is 7.39. The Balaban J connectivity index is 1.50. The number of anilines is 2. The van der Waals surface area contributed by atoms with Crippen molar-refractivity contribution in [2.75, 3.05) is 24.4 Å². The molecule has 2 heterocycles. The quantitative estimate of drug-likeness (QED) is 0.289. The van der Waals surface area contributed by atoms with Gasteiger partial charge in [0.2, 0.25) is 0 Å². The molecule has 0 fully saturated rings. The third kappa shape index (κ3) is 7.31. The summed E-state index contributed by atoms with van der Waals surface area (Å²) in [4.78, 5) is 29.0. The van der Waals surface area contributed by atoms with Crippen LogP contribution in [0.25, 0.3) is 5.69 Å². The first-order valence-corrected chi connectivity index (χ1v) is 14.1. The van der Waals surface area contributed by atoms with Crippen molar-refractivity contribution in [3.63, 3.8) is 0 Å². The number of methoxy groups -OCH3 is 1. The summed E-state index contributed by atoms with van der Waals surface area (Å²) in [5, 5.41) is 10.6. The minimum absolute atomic E-state index is 0.0331. The number of hydrogen-bond acceptors (Lipinski definition) is 6. The second-order valence-corrected chi connectivity index (χ2v) is 12.0. The molecule has 1 unspecified atom stereocenters. The molecule has 2 amide bonds. The summed E-state index contributed by atoms with van der Waals surface area (Å²) >= 11 is -1.28. The van der Waals surface area contributed by atoms with Crippen molar-refractivity contribution in [1.29, 1.82) is 0 Å². The molecule has 0 radical (unpaired) electrons. The van der Waals surface area contributed by atoms with Gasteiger partial charge in [-0.2, -0.15) is 0 Å². The Morgan fingerprint density at radius 2 is 1.63 bits per heavy atom. The van der Waals surface area contributed by atoms with Crippen molar-refractivity contribution in [3.05, 3.63) is 84.8 Å². The van der Waals surface area contributed by atoms with E-state index in [2.05, 4.69) is 36.4 Å². The molecule has 1 atom stereocenters. The fourth-order valence-electron chi connectivity index (χ4n) is 3.50. The normalized spacial score (nSPS) is 11.5. The average molecular weight is 576 g/mol. The molecule has 0 bridgehead atoms. The number of nitrogens with zero attached hydrogens (tertiary/aromatic N) is 3. The van der Waals surface area contributed by atoms with Crippen LogP contribution in [-0.2, 0) is 14.9 Å². The van der Waals surface area contributed by atoms with Crippen molar-refractivity contribution in [2.45, 2.75) is 26.2 Å². The van der Waals surface area contributed by atoms with Gasteiger partial charge in [-0.1, -0.05) is 0 Å². The van der Waals surface area contributed by atoms with Gasteiger partial charge in [0.1, 0.15) is 0 Å². The molecule has 0 saturated carbocycles. The number of hydrogen-bond donors (Lipinski definition) is 2. The molecule has 4 rings (SSSR count). The van der Waals surface area contributed by atoms with E-state index in [0.29, 0.717) is 22.9 Å². The average Bonchev–Trinajstić information content (AvgIpc) is 3.30. The standard InChI is InChI=1S/C28H30AsN5O4/c1-28(2,3)24-17-25(34(33-24)21-7-5-6-20(16-21)31-26(35)18-37-4)29-27(36)32-19-8-10-22(11-9-19)38-23-12-14-30-15-13-23/h5-17,29H,18H2,1-4H3,(H,31,35)(H,32,36). The number of carbonyl (C=O) groups is 2. The second kappa shape index (κ2) is 12.1. The summed E-state index contributed by atoms with van der Waals surface area (Å²) in [6.07, 6.45) is 3.33. The number of nitrogens with one attached hydrogen (secondary N) is 2. The Kier molecular flexibility index (Phi) is 8.61. The first-order valence-electron chi connectivity index (χ1n) is 12.0. The number of rotatable bonds is 9.